The van der Waals surface area contributed by atoms with E-state index < -0.39 is 0 Å². The number of halogens is 1. The van der Waals surface area contributed by atoms with Gasteiger partial charge in [0, 0.05) is 37.3 Å². The lowest BCUT2D eigenvalue weighted by molar-refractivity contribution is 0.0857. The summed E-state index contributed by atoms with van der Waals surface area (Å²) < 4.78 is 18.2. The van der Waals surface area contributed by atoms with Crippen molar-refractivity contribution in [1.29, 1.82) is 0 Å². The summed E-state index contributed by atoms with van der Waals surface area (Å²) in [5.74, 6) is 0.268. The lowest BCUT2D eigenvalue weighted by atomic mass is 9.89. The molecule has 2 aromatic carbocycles. The molecule has 0 saturated carbocycles. The normalized spacial score (nSPS) is 14.7. The molecule has 0 unspecified atom stereocenters. The van der Waals surface area contributed by atoms with Crippen LogP contribution in [0.1, 0.15) is 23.2 Å². The van der Waals surface area contributed by atoms with Crippen molar-refractivity contribution < 1.29 is 18.7 Å². The molecular weight excluding hydrogens is 347 g/mol. The van der Waals surface area contributed by atoms with Crippen LogP contribution < -0.4 is 9.64 Å². The fraction of sp³-hybridized carbons (Fsp3) is 0.333. The first-order valence-electron chi connectivity index (χ1n) is 8.96. The minimum atomic E-state index is -0.353. The summed E-state index contributed by atoms with van der Waals surface area (Å²) in [5.41, 5.74) is 1.31. The third-order valence-corrected chi connectivity index (χ3v) is 5.01. The number of benzene rings is 2. The first-order valence-corrected chi connectivity index (χ1v) is 8.96. The largest absolute Gasteiger partial charge is 0.497 e. The third kappa shape index (κ3) is 4.27. The zero-order chi connectivity index (χ0) is 19.4. The summed E-state index contributed by atoms with van der Waals surface area (Å²) in [6, 6.07) is 12.8. The number of Topliss-reactive ketones (excluding diaryl/α,β-unsaturated/α-hetero) is 1. The highest BCUT2D eigenvalue weighted by Crippen LogP contribution is 2.24. The molecule has 0 aromatic heterocycles. The standard InChI is InChI=1S/C21H23FN2O3/c1-23(18-7-9-19(27-2)10-8-18)21(26)24-13-11-16(12-14-24)20(25)15-3-5-17(22)6-4-15/h3-10,16H,11-14H2,1-2H3. The summed E-state index contributed by atoms with van der Waals surface area (Å²) in [7, 11) is 3.33. The van der Waals surface area contributed by atoms with E-state index in [4.69, 9.17) is 4.74 Å². The summed E-state index contributed by atoms with van der Waals surface area (Å²) in [6.07, 6.45) is 1.22. The molecule has 6 heteroatoms. The second kappa shape index (κ2) is 8.20. The number of carbonyl (C=O) groups excluding carboxylic acids is 2. The van der Waals surface area contributed by atoms with E-state index in [2.05, 4.69) is 0 Å². The molecule has 3 rings (SSSR count). The van der Waals surface area contributed by atoms with Gasteiger partial charge in [-0.3, -0.25) is 9.69 Å². The van der Waals surface area contributed by atoms with E-state index in [1.807, 2.05) is 24.3 Å². The minimum absolute atomic E-state index is 0.0191. The molecule has 1 aliphatic heterocycles. The van der Waals surface area contributed by atoms with Crippen molar-refractivity contribution in [2.24, 2.45) is 5.92 Å². The Bertz CT molecular complexity index is 797. The molecule has 0 N–H and O–H groups in total. The zero-order valence-electron chi connectivity index (χ0n) is 15.5. The fourth-order valence-electron chi connectivity index (χ4n) is 3.31. The highest BCUT2D eigenvalue weighted by Gasteiger charge is 2.29. The van der Waals surface area contributed by atoms with Gasteiger partial charge in [-0.05, 0) is 61.4 Å². The van der Waals surface area contributed by atoms with Crippen LogP contribution in [0.4, 0.5) is 14.9 Å². The van der Waals surface area contributed by atoms with Gasteiger partial charge in [-0.25, -0.2) is 9.18 Å². The number of piperidine rings is 1. The molecule has 0 atom stereocenters. The maximum absolute atomic E-state index is 13.0. The molecule has 0 spiro atoms. The number of ketones is 1. The van der Waals surface area contributed by atoms with Crippen LogP contribution in [0, 0.1) is 11.7 Å². The second-order valence-electron chi connectivity index (χ2n) is 6.67. The van der Waals surface area contributed by atoms with E-state index in [1.165, 1.54) is 24.3 Å². The van der Waals surface area contributed by atoms with Gasteiger partial charge in [-0.15, -0.1) is 0 Å². The van der Waals surface area contributed by atoms with Gasteiger partial charge in [0.15, 0.2) is 5.78 Å². The number of hydrogen-bond acceptors (Lipinski definition) is 3. The van der Waals surface area contributed by atoms with Crippen LogP contribution in [0.25, 0.3) is 0 Å². The first-order chi connectivity index (χ1) is 13.0. The number of amides is 2. The SMILES string of the molecule is COc1ccc(N(C)C(=O)N2CCC(C(=O)c3ccc(F)cc3)CC2)cc1. The predicted octanol–water partition coefficient (Wildman–Crippen LogP) is 3.99. The molecule has 27 heavy (non-hydrogen) atoms. The van der Waals surface area contributed by atoms with Crippen molar-refractivity contribution in [2.75, 3.05) is 32.1 Å². The molecule has 1 aliphatic rings. The molecule has 2 amide bonds. The molecule has 1 fully saturated rings. The number of rotatable bonds is 4. The lowest BCUT2D eigenvalue weighted by Gasteiger charge is -2.34. The van der Waals surface area contributed by atoms with Gasteiger partial charge < -0.3 is 9.64 Å². The highest BCUT2D eigenvalue weighted by molar-refractivity contribution is 5.98. The van der Waals surface area contributed by atoms with Gasteiger partial charge >= 0.3 is 6.03 Å². The number of methoxy groups -OCH3 is 1. The van der Waals surface area contributed by atoms with Crippen molar-refractivity contribution in [1.82, 2.24) is 4.90 Å². The zero-order valence-corrected chi connectivity index (χ0v) is 15.5. The minimum Gasteiger partial charge on any atom is -0.497 e. The molecule has 0 radical (unpaired) electrons. The first kappa shape index (κ1) is 18.9. The van der Waals surface area contributed by atoms with Crippen LogP contribution in [0.2, 0.25) is 0 Å². The number of hydrogen-bond donors (Lipinski definition) is 0. The van der Waals surface area contributed by atoms with Crippen LogP contribution in [0.5, 0.6) is 5.75 Å². The smallest absolute Gasteiger partial charge is 0.324 e. The van der Waals surface area contributed by atoms with E-state index >= 15 is 0 Å². The number of anilines is 1. The average Bonchev–Trinajstić information content (AvgIpc) is 2.73. The summed E-state index contributed by atoms with van der Waals surface area (Å²) >= 11 is 0. The Morgan fingerprint density at radius 3 is 2.19 bits per heavy atom. The van der Waals surface area contributed by atoms with Crippen LogP contribution in [-0.2, 0) is 0 Å². The van der Waals surface area contributed by atoms with E-state index in [9.17, 15) is 14.0 Å². The summed E-state index contributed by atoms with van der Waals surface area (Å²) in [4.78, 5) is 28.6. The van der Waals surface area contributed by atoms with Gasteiger partial charge in [-0.2, -0.15) is 0 Å². The Hall–Kier alpha value is -2.89. The molecule has 0 bridgehead atoms. The Kier molecular flexibility index (Phi) is 5.74. The third-order valence-electron chi connectivity index (χ3n) is 5.01. The summed E-state index contributed by atoms with van der Waals surface area (Å²) in [5, 5.41) is 0. The maximum Gasteiger partial charge on any atom is 0.324 e. The predicted molar refractivity (Wildman–Crippen MR) is 102 cm³/mol. The van der Waals surface area contributed by atoms with Crippen LogP contribution >= 0.6 is 0 Å². The van der Waals surface area contributed by atoms with Gasteiger partial charge in [0.25, 0.3) is 0 Å². The second-order valence-corrected chi connectivity index (χ2v) is 6.67. The molecule has 0 aliphatic carbocycles. The number of carbonyl (C=O) groups is 2. The molecule has 142 valence electrons. The van der Waals surface area contributed by atoms with Crippen LogP contribution in [-0.4, -0.2) is 44.0 Å². The Balaban J connectivity index is 1.58. The number of nitrogens with zero attached hydrogens (tertiary/aromatic N) is 2. The van der Waals surface area contributed by atoms with E-state index in [0.29, 0.717) is 31.5 Å². The van der Waals surface area contributed by atoms with Gasteiger partial charge in [0.2, 0.25) is 0 Å². The Morgan fingerprint density at radius 1 is 1.04 bits per heavy atom. The van der Waals surface area contributed by atoms with Crippen molar-refractivity contribution in [2.45, 2.75) is 12.8 Å². The van der Waals surface area contributed by atoms with Crippen molar-refractivity contribution in [3.05, 3.63) is 59.9 Å². The Labute approximate surface area is 158 Å². The van der Waals surface area contributed by atoms with Gasteiger partial charge in [0.05, 0.1) is 7.11 Å². The maximum atomic E-state index is 13.0. The molecular formula is C21H23FN2O3. The number of ether oxygens (including phenoxy) is 1. The summed E-state index contributed by atoms with van der Waals surface area (Å²) in [6.45, 7) is 1.05. The quantitative estimate of drug-likeness (QED) is 0.765. The van der Waals surface area contributed by atoms with E-state index in [1.54, 1.807) is 24.0 Å². The van der Waals surface area contributed by atoms with Gasteiger partial charge in [0.1, 0.15) is 11.6 Å². The Morgan fingerprint density at radius 2 is 1.63 bits per heavy atom. The van der Waals surface area contributed by atoms with Gasteiger partial charge in [-0.1, -0.05) is 0 Å². The molecule has 1 heterocycles. The van der Waals surface area contributed by atoms with E-state index in [0.717, 1.165) is 11.4 Å². The highest BCUT2D eigenvalue weighted by atomic mass is 19.1. The molecule has 5 nitrogen and oxygen atoms in total. The van der Waals surface area contributed by atoms with Crippen LogP contribution in [0.15, 0.2) is 48.5 Å². The molecule has 1 saturated heterocycles. The van der Waals surface area contributed by atoms with Crippen molar-refractivity contribution in [3.63, 3.8) is 0 Å². The molecule has 2 aromatic rings. The van der Waals surface area contributed by atoms with E-state index in [-0.39, 0.29) is 23.5 Å². The van der Waals surface area contributed by atoms with Crippen molar-refractivity contribution >= 4 is 17.5 Å². The number of likely N-dealkylation sites (tertiary alicyclic amines) is 1. The monoisotopic (exact) mass is 370 g/mol. The average molecular weight is 370 g/mol. The van der Waals surface area contributed by atoms with Crippen LogP contribution in [0.3, 0.4) is 0 Å². The fourth-order valence-corrected chi connectivity index (χ4v) is 3.31. The topological polar surface area (TPSA) is 49.9 Å². The van der Waals surface area contributed by atoms with Crippen molar-refractivity contribution in [3.8, 4) is 5.75 Å². The lowest BCUT2D eigenvalue weighted by Crippen LogP contribution is -2.46. The number of urea groups is 1.